The molecule has 2 N–H and O–H groups in total. The standard InChI is InChI=1S/C19H28N2O4/c1-5-9-21(15-8-10-24-12-15)18-7-6-16(25-14(4)19(22)23)11-17(18)20-13(2)3/h6-7,11,14-15,20H,2,5,8-10,12H2,1,3-4H3,(H,22,23). The van der Waals surface area contributed by atoms with Crippen molar-refractivity contribution in [2.75, 3.05) is 30.0 Å². The first kappa shape index (κ1) is 19.1. The predicted molar refractivity (Wildman–Crippen MR) is 99.5 cm³/mol. The van der Waals surface area contributed by atoms with Crippen LogP contribution in [0.4, 0.5) is 11.4 Å². The number of hydrogen-bond donors (Lipinski definition) is 2. The highest BCUT2D eigenvalue weighted by atomic mass is 16.5. The van der Waals surface area contributed by atoms with Crippen LogP contribution in [0.5, 0.6) is 5.75 Å². The Balaban J connectivity index is 2.33. The number of carbonyl (C=O) groups is 1. The van der Waals surface area contributed by atoms with Crippen LogP contribution in [0.1, 0.15) is 33.6 Å². The molecular weight excluding hydrogens is 320 g/mol. The summed E-state index contributed by atoms with van der Waals surface area (Å²) in [7, 11) is 0. The maximum atomic E-state index is 11.0. The van der Waals surface area contributed by atoms with Gasteiger partial charge in [0, 0.05) is 24.9 Å². The van der Waals surface area contributed by atoms with Gasteiger partial charge in [-0.25, -0.2) is 4.79 Å². The molecule has 25 heavy (non-hydrogen) atoms. The largest absolute Gasteiger partial charge is 0.479 e. The van der Waals surface area contributed by atoms with Crippen LogP contribution in [0.15, 0.2) is 30.5 Å². The van der Waals surface area contributed by atoms with Gasteiger partial charge in [0.2, 0.25) is 0 Å². The van der Waals surface area contributed by atoms with E-state index in [1.54, 1.807) is 0 Å². The van der Waals surface area contributed by atoms with Gasteiger partial charge in [-0.15, -0.1) is 0 Å². The van der Waals surface area contributed by atoms with E-state index >= 15 is 0 Å². The van der Waals surface area contributed by atoms with Crippen molar-refractivity contribution in [1.82, 2.24) is 0 Å². The summed E-state index contributed by atoms with van der Waals surface area (Å²) in [5.74, 6) is -0.476. The third kappa shape index (κ3) is 5.13. The van der Waals surface area contributed by atoms with Crippen LogP contribution >= 0.6 is 0 Å². The van der Waals surface area contributed by atoms with Gasteiger partial charge in [0.15, 0.2) is 6.10 Å². The molecule has 2 rings (SSSR count). The summed E-state index contributed by atoms with van der Waals surface area (Å²) < 4.78 is 11.1. The number of aliphatic carboxylic acids is 1. The zero-order valence-corrected chi connectivity index (χ0v) is 15.2. The summed E-state index contributed by atoms with van der Waals surface area (Å²) in [5.41, 5.74) is 2.72. The van der Waals surface area contributed by atoms with Crippen LogP contribution in [-0.2, 0) is 9.53 Å². The van der Waals surface area contributed by atoms with E-state index in [1.165, 1.54) is 6.92 Å². The molecule has 1 fully saturated rings. The van der Waals surface area contributed by atoms with Gasteiger partial charge < -0.3 is 24.8 Å². The Bertz CT molecular complexity index is 611. The SMILES string of the molecule is C=C(C)Nc1cc(OC(C)C(=O)O)ccc1N(CCC)C1CCOC1. The minimum Gasteiger partial charge on any atom is -0.479 e. The Morgan fingerprint density at radius 1 is 1.56 bits per heavy atom. The third-order valence-corrected chi connectivity index (χ3v) is 4.10. The van der Waals surface area contributed by atoms with Crippen molar-refractivity contribution in [2.45, 2.75) is 45.8 Å². The van der Waals surface area contributed by atoms with Gasteiger partial charge >= 0.3 is 5.97 Å². The molecule has 2 unspecified atom stereocenters. The van der Waals surface area contributed by atoms with E-state index in [9.17, 15) is 4.79 Å². The van der Waals surface area contributed by atoms with Crippen molar-refractivity contribution in [1.29, 1.82) is 0 Å². The highest BCUT2D eigenvalue weighted by Crippen LogP contribution is 2.34. The number of nitrogens with one attached hydrogen (secondary N) is 1. The van der Waals surface area contributed by atoms with Crippen molar-refractivity contribution in [2.24, 2.45) is 0 Å². The molecule has 0 radical (unpaired) electrons. The number of carboxylic acid groups (broad SMARTS) is 1. The average molecular weight is 348 g/mol. The second-order valence-corrected chi connectivity index (χ2v) is 6.39. The number of hydrogen-bond acceptors (Lipinski definition) is 5. The van der Waals surface area contributed by atoms with E-state index in [1.807, 2.05) is 25.1 Å². The lowest BCUT2D eigenvalue weighted by atomic mass is 10.1. The summed E-state index contributed by atoms with van der Waals surface area (Å²) >= 11 is 0. The Morgan fingerprint density at radius 2 is 2.32 bits per heavy atom. The van der Waals surface area contributed by atoms with E-state index in [4.69, 9.17) is 14.6 Å². The Kier molecular flexibility index (Phi) is 6.70. The first-order valence-electron chi connectivity index (χ1n) is 8.72. The third-order valence-electron chi connectivity index (χ3n) is 4.10. The molecule has 0 amide bonds. The fraction of sp³-hybridized carbons (Fsp3) is 0.526. The number of anilines is 2. The summed E-state index contributed by atoms with van der Waals surface area (Å²) in [6.07, 6.45) is 1.12. The van der Waals surface area contributed by atoms with Crippen LogP contribution in [0, 0.1) is 0 Å². The zero-order chi connectivity index (χ0) is 18.4. The summed E-state index contributed by atoms with van der Waals surface area (Å²) in [6.45, 7) is 11.9. The number of nitrogens with zero attached hydrogens (tertiary/aromatic N) is 1. The smallest absolute Gasteiger partial charge is 0.344 e. The van der Waals surface area contributed by atoms with Crippen molar-refractivity contribution < 1.29 is 19.4 Å². The van der Waals surface area contributed by atoms with E-state index in [0.29, 0.717) is 11.8 Å². The van der Waals surface area contributed by atoms with Gasteiger partial charge in [0.05, 0.1) is 24.0 Å². The molecule has 1 aliphatic rings. The van der Waals surface area contributed by atoms with E-state index in [-0.39, 0.29) is 0 Å². The van der Waals surface area contributed by atoms with Crippen molar-refractivity contribution in [3.05, 3.63) is 30.5 Å². The molecule has 138 valence electrons. The number of ether oxygens (including phenoxy) is 2. The van der Waals surface area contributed by atoms with Crippen LogP contribution in [0.25, 0.3) is 0 Å². The minimum atomic E-state index is -0.991. The van der Waals surface area contributed by atoms with Gasteiger partial charge in [-0.2, -0.15) is 0 Å². The Morgan fingerprint density at radius 3 is 2.88 bits per heavy atom. The molecule has 0 aliphatic carbocycles. The molecule has 0 bridgehead atoms. The number of carboxylic acids is 1. The summed E-state index contributed by atoms with van der Waals surface area (Å²) in [4.78, 5) is 13.4. The van der Waals surface area contributed by atoms with Gasteiger partial charge in [-0.05, 0) is 38.8 Å². The van der Waals surface area contributed by atoms with Gasteiger partial charge in [0.1, 0.15) is 5.75 Å². The lowest BCUT2D eigenvalue weighted by molar-refractivity contribution is -0.144. The number of rotatable bonds is 9. The summed E-state index contributed by atoms with van der Waals surface area (Å²) in [5, 5.41) is 12.3. The first-order chi connectivity index (χ1) is 11.9. The first-order valence-corrected chi connectivity index (χ1v) is 8.72. The molecule has 1 heterocycles. The van der Waals surface area contributed by atoms with Crippen LogP contribution in [0.3, 0.4) is 0 Å². The van der Waals surface area contributed by atoms with Crippen LogP contribution in [-0.4, -0.2) is 43.0 Å². The topological polar surface area (TPSA) is 71.0 Å². The number of benzene rings is 1. The maximum Gasteiger partial charge on any atom is 0.344 e. The molecule has 1 aliphatic heterocycles. The van der Waals surface area contributed by atoms with Crippen molar-refractivity contribution in [3.63, 3.8) is 0 Å². The molecule has 0 spiro atoms. The second kappa shape index (κ2) is 8.76. The fourth-order valence-electron chi connectivity index (χ4n) is 2.93. The fourth-order valence-corrected chi connectivity index (χ4v) is 2.93. The molecule has 6 heteroatoms. The highest BCUT2D eigenvalue weighted by Gasteiger charge is 2.25. The molecule has 1 saturated heterocycles. The molecular formula is C19H28N2O4. The van der Waals surface area contributed by atoms with Crippen LogP contribution < -0.4 is 15.0 Å². The normalized spacial score (nSPS) is 17.8. The highest BCUT2D eigenvalue weighted by molar-refractivity contribution is 5.75. The monoisotopic (exact) mass is 348 g/mol. The molecule has 1 aromatic rings. The Hall–Kier alpha value is -2.21. The van der Waals surface area contributed by atoms with E-state index in [2.05, 4.69) is 23.7 Å². The molecule has 1 aromatic carbocycles. The van der Waals surface area contributed by atoms with Crippen molar-refractivity contribution in [3.8, 4) is 5.75 Å². The lowest BCUT2D eigenvalue weighted by Gasteiger charge is -2.32. The quantitative estimate of drug-likeness (QED) is 0.712. The van der Waals surface area contributed by atoms with E-state index < -0.39 is 12.1 Å². The average Bonchev–Trinajstić information content (AvgIpc) is 3.07. The van der Waals surface area contributed by atoms with Crippen molar-refractivity contribution >= 4 is 17.3 Å². The minimum absolute atomic E-state index is 0.343. The summed E-state index contributed by atoms with van der Waals surface area (Å²) in [6, 6.07) is 5.97. The maximum absolute atomic E-state index is 11.0. The molecule has 6 nitrogen and oxygen atoms in total. The number of allylic oxidation sites excluding steroid dienone is 1. The molecule has 0 aromatic heterocycles. The lowest BCUT2D eigenvalue weighted by Crippen LogP contribution is -2.36. The predicted octanol–water partition coefficient (Wildman–Crippen LogP) is 3.49. The second-order valence-electron chi connectivity index (χ2n) is 6.39. The zero-order valence-electron chi connectivity index (χ0n) is 15.2. The van der Waals surface area contributed by atoms with Gasteiger partial charge in [0.25, 0.3) is 0 Å². The van der Waals surface area contributed by atoms with E-state index in [0.717, 1.165) is 49.7 Å². The molecule has 0 saturated carbocycles. The van der Waals surface area contributed by atoms with Gasteiger partial charge in [-0.3, -0.25) is 0 Å². The molecule has 2 atom stereocenters. The van der Waals surface area contributed by atoms with Crippen LogP contribution in [0.2, 0.25) is 0 Å². The van der Waals surface area contributed by atoms with Gasteiger partial charge in [-0.1, -0.05) is 13.5 Å². The Labute approximate surface area is 149 Å².